The van der Waals surface area contributed by atoms with Crippen LogP contribution in [-0.4, -0.2) is 32.7 Å². The summed E-state index contributed by atoms with van der Waals surface area (Å²) < 4.78 is 38.7. The van der Waals surface area contributed by atoms with Gasteiger partial charge in [-0.2, -0.15) is 0 Å². The average Bonchev–Trinajstić information content (AvgIpc) is 2.64. The Kier molecular flexibility index (Phi) is 6.76. The fraction of sp³-hybridized carbons (Fsp3) is 0.429. The Morgan fingerprint density at radius 1 is 1.18 bits per heavy atom. The second-order valence-corrected chi connectivity index (χ2v) is 9.76. The fourth-order valence-electron chi connectivity index (χ4n) is 3.75. The van der Waals surface area contributed by atoms with Gasteiger partial charge in [-0.05, 0) is 67.6 Å². The molecule has 1 N–H and O–H groups in total. The Balaban J connectivity index is 1.54. The highest BCUT2D eigenvalue weighted by atomic mass is 35.5. The number of rotatable bonds is 6. The zero-order chi connectivity index (χ0) is 20.3. The standard InChI is InChI=1S/C21H26ClFN2O2S/c1-15(24-28(2,26)27)17-5-3-16(4-6-17)14-25-11-9-18(10-12-25)19-7-8-21(23)20(22)13-19/h3-8,13,15,18,24H,9-12,14H2,1-2H3/t15-/m1/s1. The van der Waals surface area contributed by atoms with Crippen LogP contribution in [0, 0.1) is 5.82 Å². The second kappa shape index (κ2) is 8.91. The highest BCUT2D eigenvalue weighted by Crippen LogP contribution is 2.31. The third kappa shape index (κ3) is 5.77. The predicted molar refractivity (Wildman–Crippen MR) is 111 cm³/mol. The van der Waals surface area contributed by atoms with Crippen molar-refractivity contribution in [3.8, 4) is 0 Å². The molecule has 0 aromatic heterocycles. The molecule has 0 spiro atoms. The Morgan fingerprint density at radius 3 is 2.39 bits per heavy atom. The van der Waals surface area contributed by atoms with Gasteiger partial charge < -0.3 is 0 Å². The molecule has 2 aromatic carbocycles. The molecule has 1 fully saturated rings. The lowest BCUT2D eigenvalue weighted by molar-refractivity contribution is 0.204. The van der Waals surface area contributed by atoms with Gasteiger partial charge in [0, 0.05) is 12.6 Å². The fourth-order valence-corrected chi connectivity index (χ4v) is 4.72. The van der Waals surface area contributed by atoms with E-state index in [2.05, 4.69) is 21.8 Å². The van der Waals surface area contributed by atoms with Crippen molar-refractivity contribution in [2.45, 2.75) is 38.3 Å². The maximum atomic E-state index is 13.4. The first-order valence-electron chi connectivity index (χ1n) is 9.45. The first kappa shape index (κ1) is 21.2. The maximum absolute atomic E-state index is 13.4. The van der Waals surface area contributed by atoms with Crippen molar-refractivity contribution in [2.75, 3.05) is 19.3 Å². The average molecular weight is 425 g/mol. The summed E-state index contributed by atoms with van der Waals surface area (Å²) in [5.74, 6) is 0.0481. The summed E-state index contributed by atoms with van der Waals surface area (Å²) in [5.41, 5.74) is 3.27. The van der Waals surface area contributed by atoms with Crippen molar-refractivity contribution in [2.24, 2.45) is 0 Å². The number of hydrogen-bond acceptors (Lipinski definition) is 3. The predicted octanol–water partition coefficient (Wildman–Crippen LogP) is 4.47. The van der Waals surface area contributed by atoms with Gasteiger partial charge in [-0.15, -0.1) is 0 Å². The quantitative estimate of drug-likeness (QED) is 0.744. The summed E-state index contributed by atoms with van der Waals surface area (Å²) in [6.07, 6.45) is 3.21. The molecule has 0 saturated carbocycles. The Labute approximate surface area is 171 Å². The molecule has 0 radical (unpaired) electrons. The number of piperidine rings is 1. The van der Waals surface area contributed by atoms with E-state index >= 15 is 0 Å². The van der Waals surface area contributed by atoms with E-state index in [1.54, 1.807) is 6.07 Å². The van der Waals surface area contributed by atoms with Crippen molar-refractivity contribution in [3.05, 3.63) is 70.0 Å². The lowest BCUT2D eigenvalue weighted by Gasteiger charge is -2.32. The molecule has 2 aromatic rings. The summed E-state index contributed by atoms with van der Waals surface area (Å²) >= 11 is 5.92. The van der Waals surface area contributed by atoms with Crippen molar-refractivity contribution in [1.29, 1.82) is 0 Å². The largest absolute Gasteiger partial charge is 0.299 e. The summed E-state index contributed by atoms with van der Waals surface area (Å²) in [6.45, 7) is 4.66. The second-order valence-electron chi connectivity index (χ2n) is 7.58. The van der Waals surface area contributed by atoms with Crippen molar-refractivity contribution in [3.63, 3.8) is 0 Å². The Morgan fingerprint density at radius 2 is 1.82 bits per heavy atom. The molecule has 1 heterocycles. The number of nitrogens with one attached hydrogen (secondary N) is 1. The van der Waals surface area contributed by atoms with Crippen molar-refractivity contribution < 1.29 is 12.8 Å². The van der Waals surface area contributed by atoms with Crippen LogP contribution in [-0.2, 0) is 16.6 Å². The number of hydrogen-bond donors (Lipinski definition) is 1. The van der Waals surface area contributed by atoms with Gasteiger partial charge in [0.1, 0.15) is 5.82 Å². The highest BCUT2D eigenvalue weighted by Gasteiger charge is 2.21. The minimum absolute atomic E-state index is 0.194. The molecule has 1 aliphatic heterocycles. The van der Waals surface area contributed by atoms with E-state index in [0.29, 0.717) is 5.92 Å². The van der Waals surface area contributed by atoms with E-state index in [-0.39, 0.29) is 16.9 Å². The van der Waals surface area contributed by atoms with Crippen LogP contribution in [0.4, 0.5) is 4.39 Å². The summed E-state index contributed by atoms with van der Waals surface area (Å²) in [6, 6.07) is 12.9. The van der Waals surface area contributed by atoms with E-state index in [9.17, 15) is 12.8 Å². The lowest BCUT2D eigenvalue weighted by atomic mass is 9.89. The first-order valence-corrected chi connectivity index (χ1v) is 11.7. The minimum atomic E-state index is -3.22. The van der Waals surface area contributed by atoms with Crippen molar-refractivity contribution in [1.82, 2.24) is 9.62 Å². The van der Waals surface area contributed by atoms with Gasteiger partial charge in [0.05, 0.1) is 11.3 Å². The number of benzene rings is 2. The summed E-state index contributed by atoms with van der Waals surface area (Å²) in [7, 11) is -3.22. The van der Waals surface area contributed by atoms with Gasteiger partial charge in [-0.25, -0.2) is 17.5 Å². The van der Waals surface area contributed by atoms with Crippen LogP contribution in [0.3, 0.4) is 0 Å². The van der Waals surface area contributed by atoms with Crippen LogP contribution in [0.1, 0.15) is 48.4 Å². The molecule has 0 amide bonds. The number of halogens is 2. The molecule has 0 aliphatic carbocycles. The van der Waals surface area contributed by atoms with Gasteiger partial charge in [-0.1, -0.05) is 41.9 Å². The van der Waals surface area contributed by atoms with E-state index < -0.39 is 10.0 Å². The van der Waals surface area contributed by atoms with Crippen LogP contribution < -0.4 is 4.72 Å². The van der Waals surface area contributed by atoms with Crippen LogP contribution in [0.15, 0.2) is 42.5 Å². The van der Waals surface area contributed by atoms with Gasteiger partial charge in [-0.3, -0.25) is 4.90 Å². The molecule has 0 unspecified atom stereocenters. The molecular weight excluding hydrogens is 399 g/mol. The number of sulfonamides is 1. The molecule has 1 aliphatic rings. The summed E-state index contributed by atoms with van der Waals surface area (Å²) in [5, 5.41) is 0.194. The van der Waals surface area contributed by atoms with Crippen LogP contribution in [0.2, 0.25) is 5.02 Å². The molecule has 28 heavy (non-hydrogen) atoms. The Bertz CT molecular complexity index is 911. The molecule has 1 saturated heterocycles. The normalized spacial score (nSPS) is 17.6. The van der Waals surface area contributed by atoms with Gasteiger partial charge >= 0.3 is 0 Å². The molecule has 152 valence electrons. The Hall–Kier alpha value is -1.47. The highest BCUT2D eigenvalue weighted by molar-refractivity contribution is 7.88. The third-order valence-electron chi connectivity index (χ3n) is 5.28. The van der Waals surface area contributed by atoms with Crippen LogP contribution in [0.5, 0.6) is 0 Å². The molecule has 4 nitrogen and oxygen atoms in total. The van der Waals surface area contributed by atoms with E-state index in [4.69, 9.17) is 11.6 Å². The molecule has 7 heteroatoms. The number of nitrogens with zero attached hydrogens (tertiary/aromatic N) is 1. The van der Waals surface area contributed by atoms with Gasteiger partial charge in [0.25, 0.3) is 0 Å². The zero-order valence-electron chi connectivity index (χ0n) is 16.2. The molecular formula is C21H26ClFN2O2S. The van der Waals surface area contributed by atoms with Gasteiger partial charge in [0.15, 0.2) is 0 Å². The van der Waals surface area contributed by atoms with E-state index in [1.165, 1.54) is 17.9 Å². The van der Waals surface area contributed by atoms with Gasteiger partial charge in [0.2, 0.25) is 10.0 Å². The van der Waals surface area contributed by atoms with Crippen LogP contribution in [0.25, 0.3) is 0 Å². The molecule has 1 atom stereocenters. The number of likely N-dealkylation sites (tertiary alicyclic amines) is 1. The minimum Gasteiger partial charge on any atom is -0.299 e. The smallest absolute Gasteiger partial charge is 0.209 e. The lowest BCUT2D eigenvalue weighted by Crippen LogP contribution is -2.32. The SMILES string of the molecule is C[C@@H](NS(C)(=O)=O)c1ccc(CN2CCC(c3ccc(F)c(Cl)c3)CC2)cc1. The third-order valence-corrected chi connectivity index (χ3v) is 6.35. The zero-order valence-corrected chi connectivity index (χ0v) is 17.7. The topological polar surface area (TPSA) is 49.4 Å². The maximum Gasteiger partial charge on any atom is 0.209 e. The molecule has 3 rings (SSSR count). The first-order chi connectivity index (χ1) is 13.2. The summed E-state index contributed by atoms with van der Waals surface area (Å²) in [4.78, 5) is 2.41. The molecule has 0 bridgehead atoms. The van der Waals surface area contributed by atoms with E-state index in [0.717, 1.165) is 43.6 Å². The van der Waals surface area contributed by atoms with E-state index in [1.807, 2.05) is 25.1 Å². The van der Waals surface area contributed by atoms with Crippen LogP contribution >= 0.6 is 11.6 Å². The monoisotopic (exact) mass is 424 g/mol. The van der Waals surface area contributed by atoms with Crippen molar-refractivity contribution >= 4 is 21.6 Å².